The zero-order chi connectivity index (χ0) is 15.7. The molecule has 3 N–H and O–H groups in total. The van der Waals surface area contributed by atoms with Crippen molar-refractivity contribution >= 4 is 6.03 Å². The van der Waals surface area contributed by atoms with Crippen LogP contribution in [0.5, 0.6) is 0 Å². The Kier molecular flexibility index (Phi) is 8.04. The van der Waals surface area contributed by atoms with Gasteiger partial charge in [0.05, 0.1) is 5.60 Å². The molecule has 2 amide bonds. The van der Waals surface area contributed by atoms with E-state index in [9.17, 15) is 9.90 Å². The van der Waals surface area contributed by atoms with Gasteiger partial charge in [0.1, 0.15) is 0 Å². The molecule has 0 saturated carbocycles. The molecule has 1 saturated heterocycles. The maximum absolute atomic E-state index is 11.9. The highest BCUT2D eigenvalue weighted by molar-refractivity contribution is 5.74. The minimum absolute atomic E-state index is 0.151. The minimum atomic E-state index is -0.777. The van der Waals surface area contributed by atoms with Gasteiger partial charge in [-0.1, -0.05) is 27.2 Å². The van der Waals surface area contributed by atoms with Crippen molar-refractivity contribution < 1.29 is 9.90 Å². The molecular formula is C16H33N3O2. The van der Waals surface area contributed by atoms with Crippen LogP contribution in [0.4, 0.5) is 4.79 Å². The predicted octanol–water partition coefficient (Wildman–Crippen LogP) is 2.10. The second-order valence-corrected chi connectivity index (χ2v) is 6.23. The Morgan fingerprint density at radius 3 is 2.38 bits per heavy atom. The number of nitrogens with one attached hydrogen (secondary N) is 2. The molecule has 0 aromatic carbocycles. The number of carbonyl (C=O) groups excluding carboxylic acids is 1. The molecule has 0 radical (unpaired) electrons. The number of amides is 2. The fourth-order valence-corrected chi connectivity index (χ4v) is 2.66. The summed E-state index contributed by atoms with van der Waals surface area (Å²) in [6.07, 6.45) is 5.83. The molecule has 0 aromatic rings. The number of rotatable bonds is 8. The topological polar surface area (TPSA) is 64.6 Å². The summed E-state index contributed by atoms with van der Waals surface area (Å²) in [5.74, 6) is 0. The summed E-state index contributed by atoms with van der Waals surface area (Å²) in [5, 5.41) is 16.0. The molecule has 5 nitrogen and oxygen atoms in total. The Morgan fingerprint density at radius 2 is 1.86 bits per heavy atom. The lowest BCUT2D eigenvalue weighted by Gasteiger charge is -2.32. The summed E-state index contributed by atoms with van der Waals surface area (Å²) in [4.78, 5) is 14.4. The van der Waals surface area contributed by atoms with Crippen LogP contribution in [0.15, 0.2) is 0 Å². The monoisotopic (exact) mass is 299 g/mol. The minimum Gasteiger partial charge on any atom is -0.388 e. The van der Waals surface area contributed by atoms with Crippen molar-refractivity contribution in [2.75, 3.05) is 26.2 Å². The number of urea groups is 1. The van der Waals surface area contributed by atoms with Gasteiger partial charge >= 0.3 is 6.03 Å². The van der Waals surface area contributed by atoms with Crippen LogP contribution < -0.4 is 10.6 Å². The molecule has 1 fully saturated rings. The molecule has 1 rings (SSSR count). The Bertz CT molecular complexity index is 298. The van der Waals surface area contributed by atoms with E-state index < -0.39 is 5.60 Å². The summed E-state index contributed by atoms with van der Waals surface area (Å²) in [7, 11) is 0. The Balaban J connectivity index is 2.21. The Labute approximate surface area is 129 Å². The van der Waals surface area contributed by atoms with Crippen molar-refractivity contribution in [2.24, 2.45) is 0 Å². The van der Waals surface area contributed by atoms with E-state index in [0.717, 1.165) is 25.9 Å². The van der Waals surface area contributed by atoms with E-state index in [4.69, 9.17) is 0 Å². The third-order valence-corrected chi connectivity index (χ3v) is 4.64. The van der Waals surface area contributed by atoms with Crippen molar-refractivity contribution in [3.05, 3.63) is 0 Å². The molecule has 0 unspecified atom stereocenters. The number of nitrogens with zero attached hydrogens (tertiary/aromatic N) is 1. The average molecular weight is 299 g/mol. The van der Waals surface area contributed by atoms with Gasteiger partial charge in [0.25, 0.3) is 0 Å². The maximum atomic E-state index is 11.9. The molecule has 1 aliphatic rings. The molecule has 1 heterocycles. The van der Waals surface area contributed by atoms with Gasteiger partial charge in [0, 0.05) is 25.7 Å². The second kappa shape index (κ2) is 9.26. The zero-order valence-electron chi connectivity index (χ0n) is 14.0. The number of aliphatic hydroxyl groups is 1. The summed E-state index contributed by atoms with van der Waals surface area (Å²) >= 11 is 0. The highest BCUT2D eigenvalue weighted by atomic mass is 16.3. The number of hydrogen-bond acceptors (Lipinski definition) is 3. The van der Waals surface area contributed by atoms with Crippen molar-refractivity contribution in [3.8, 4) is 0 Å². The van der Waals surface area contributed by atoms with Gasteiger partial charge in [-0.2, -0.15) is 0 Å². The SMILES string of the molecule is CCCCN1CCC(NC(=O)NCC(O)(CC)CC)CC1. The smallest absolute Gasteiger partial charge is 0.315 e. The first-order chi connectivity index (χ1) is 10.0. The summed E-state index contributed by atoms with van der Waals surface area (Å²) < 4.78 is 0. The van der Waals surface area contributed by atoms with Gasteiger partial charge in [-0.15, -0.1) is 0 Å². The number of hydrogen-bond donors (Lipinski definition) is 3. The second-order valence-electron chi connectivity index (χ2n) is 6.23. The molecule has 0 aromatic heterocycles. The zero-order valence-corrected chi connectivity index (χ0v) is 14.0. The van der Waals surface area contributed by atoms with Crippen LogP contribution in [0.3, 0.4) is 0 Å². The third kappa shape index (κ3) is 6.66. The lowest BCUT2D eigenvalue weighted by atomic mass is 9.98. The van der Waals surface area contributed by atoms with Crippen LogP contribution in [-0.4, -0.2) is 53.9 Å². The summed E-state index contributed by atoms with van der Waals surface area (Å²) in [6.45, 7) is 9.73. The van der Waals surface area contributed by atoms with Gasteiger partial charge in [0.15, 0.2) is 0 Å². The van der Waals surface area contributed by atoms with Crippen molar-refractivity contribution in [3.63, 3.8) is 0 Å². The molecule has 5 heteroatoms. The van der Waals surface area contributed by atoms with Gasteiger partial charge in [0.2, 0.25) is 0 Å². The first-order valence-electron chi connectivity index (χ1n) is 8.52. The van der Waals surface area contributed by atoms with Crippen molar-refractivity contribution in [1.29, 1.82) is 0 Å². The summed E-state index contributed by atoms with van der Waals surface area (Å²) in [6, 6.07) is 0.113. The fraction of sp³-hybridized carbons (Fsp3) is 0.938. The molecule has 21 heavy (non-hydrogen) atoms. The van der Waals surface area contributed by atoms with Crippen LogP contribution in [0.2, 0.25) is 0 Å². The molecule has 0 bridgehead atoms. The maximum Gasteiger partial charge on any atom is 0.315 e. The van der Waals surface area contributed by atoms with Gasteiger partial charge in [-0.3, -0.25) is 0 Å². The number of unbranched alkanes of at least 4 members (excludes halogenated alkanes) is 1. The van der Waals surface area contributed by atoms with Crippen molar-refractivity contribution in [2.45, 2.75) is 70.9 Å². The van der Waals surface area contributed by atoms with E-state index in [1.165, 1.54) is 19.4 Å². The van der Waals surface area contributed by atoms with Crippen LogP contribution in [0, 0.1) is 0 Å². The van der Waals surface area contributed by atoms with Crippen LogP contribution in [0.25, 0.3) is 0 Å². The standard InChI is InChI=1S/C16H33N3O2/c1-4-7-10-19-11-8-14(9-12-19)18-15(20)17-13-16(21,5-2)6-3/h14,21H,4-13H2,1-3H3,(H2,17,18,20). The van der Waals surface area contributed by atoms with E-state index in [1.54, 1.807) is 0 Å². The lowest BCUT2D eigenvalue weighted by molar-refractivity contribution is 0.0347. The van der Waals surface area contributed by atoms with E-state index in [1.807, 2.05) is 13.8 Å². The molecule has 124 valence electrons. The molecule has 0 aliphatic carbocycles. The highest BCUT2D eigenvalue weighted by Crippen LogP contribution is 2.13. The third-order valence-electron chi connectivity index (χ3n) is 4.64. The van der Waals surface area contributed by atoms with Gasteiger partial charge in [-0.05, 0) is 38.6 Å². The fourth-order valence-electron chi connectivity index (χ4n) is 2.66. The first-order valence-corrected chi connectivity index (χ1v) is 8.52. The summed E-state index contributed by atoms with van der Waals surface area (Å²) in [5.41, 5.74) is -0.777. The lowest BCUT2D eigenvalue weighted by Crippen LogP contribution is -2.51. The van der Waals surface area contributed by atoms with E-state index in [0.29, 0.717) is 19.4 Å². The van der Waals surface area contributed by atoms with E-state index >= 15 is 0 Å². The van der Waals surface area contributed by atoms with Crippen LogP contribution in [0.1, 0.15) is 59.3 Å². The number of carbonyl (C=O) groups is 1. The molecule has 1 aliphatic heterocycles. The number of likely N-dealkylation sites (tertiary alicyclic amines) is 1. The molecular weight excluding hydrogens is 266 g/mol. The predicted molar refractivity (Wildman–Crippen MR) is 86.4 cm³/mol. The average Bonchev–Trinajstić information content (AvgIpc) is 2.52. The Morgan fingerprint density at radius 1 is 1.24 bits per heavy atom. The molecule has 0 spiro atoms. The molecule has 0 atom stereocenters. The normalized spacial score (nSPS) is 17.7. The van der Waals surface area contributed by atoms with Gasteiger partial charge < -0.3 is 20.6 Å². The number of piperidine rings is 1. The van der Waals surface area contributed by atoms with Crippen LogP contribution >= 0.6 is 0 Å². The largest absolute Gasteiger partial charge is 0.388 e. The van der Waals surface area contributed by atoms with E-state index in [-0.39, 0.29) is 12.1 Å². The van der Waals surface area contributed by atoms with Crippen LogP contribution in [-0.2, 0) is 0 Å². The van der Waals surface area contributed by atoms with Crippen molar-refractivity contribution in [1.82, 2.24) is 15.5 Å². The Hall–Kier alpha value is -0.810. The van der Waals surface area contributed by atoms with E-state index in [2.05, 4.69) is 22.5 Å². The highest BCUT2D eigenvalue weighted by Gasteiger charge is 2.24. The first kappa shape index (κ1) is 18.2. The quantitative estimate of drug-likeness (QED) is 0.643. The van der Waals surface area contributed by atoms with Gasteiger partial charge in [-0.25, -0.2) is 4.79 Å².